The van der Waals surface area contributed by atoms with E-state index in [4.69, 9.17) is 5.73 Å². The van der Waals surface area contributed by atoms with Crippen LogP contribution in [0.5, 0.6) is 0 Å². The van der Waals surface area contributed by atoms with Gasteiger partial charge in [-0.25, -0.2) is 0 Å². The summed E-state index contributed by atoms with van der Waals surface area (Å²) < 4.78 is 0. The second-order valence-corrected chi connectivity index (χ2v) is 5.06. The number of amides is 1. The highest BCUT2D eigenvalue weighted by molar-refractivity contribution is 5.94. The van der Waals surface area contributed by atoms with Crippen LogP contribution in [0.25, 0.3) is 0 Å². The molecule has 1 aromatic rings. The lowest BCUT2D eigenvalue weighted by molar-refractivity contribution is 0.0957. The third-order valence-electron chi connectivity index (χ3n) is 3.70. The molecule has 92 valence electrons. The number of rotatable bonds is 2. The summed E-state index contributed by atoms with van der Waals surface area (Å²) in [6.07, 6.45) is 4.66. The van der Waals surface area contributed by atoms with Crippen LogP contribution < -0.4 is 5.73 Å². The molecule has 1 heterocycles. The Morgan fingerprint density at radius 3 is 2.76 bits per heavy atom. The molecule has 0 bridgehead atoms. The van der Waals surface area contributed by atoms with Crippen molar-refractivity contribution in [2.45, 2.75) is 44.1 Å². The second kappa shape index (κ2) is 4.45. The molecule has 0 radical (unpaired) electrons. The lowest BCUT2D eigenvalue weighted by Gasteiger charge is -2.36. The number of nitrogens with two attached hydrogens (primary N) is 1. The standard InChI is InChI=1S/C13H18N2O2/c1-13(6-4-9(16)5-7-13)11-10(12(14)17)3-2-8-15-11/h2-3,8-9,16H,4-7H2,1H3,(H2,14,17). The minimum absolute atomic E-state index is 0.148. The Balaban J connectivity index is 2.36. The summed E-state index contributed by atoms with van der Waals surface area (Å²) in [6.45, 7) is 2.09. The number of aliphatic hydroxyl groups is 1. The molecule has 0 spiro atoms. The van der Waals surface area contributed by atoms with Gasteiger partial charge in [0, 0.05) is 11.6 Å². The largest absolute Gasteiger partial charge is 0.393 e. The number of carbonyl (C=O) groups excluding carboxylic acids is 1. The number of primary amides is 1. The Kier molecular flexibility index (Phi) is 3.15. The molecular weight excluding hydrogens is 216 g/mol. The van der Waals surface area contributed by atoms with E-state index in [1.165, 1.54) is 0 Å². The molecule has 0 aromatic carbocycles. The molecule has 0 atom stereocenters. The van der Waals surface area contributed by atoms with Crippen LogP contribution in [0.15, 0.2) is 18.3 Å². The van der Waals surface area contributed by atoms with E-state index in [1.807, 2.05) is 0 Å². The van der Waals surface area contributed by atoms with Crippen molar-refractivity contribution in [1.82, 2.24) is 4.98 Å². The fourth-order valence-corrected chi connectivity index (χ4v) is 2.56. The van der Waals surface area contributed by atoms with Gasteiger partial charge in [0.25, 0.3) is 5.91 Å². The maximum atomic E-state index is 11.4. The average molecular weight is 234 g/mol. The first-order chi connectivity index (χ1) is 8.03. The molecule has 1 fully saturated rings. The maximum absolute atomic E-state index is 11.4. The van der Waals surface area contributed by atoms with Crippen molar-refractivity contribution < 1.29 is 9.90 Å². The molecule has 1 aromatic heterocycles. The van der Waals surface area contributed by atoms with Crippen LogP contribution in [0, 0.1) is 0 Å². The Hall–Kier alpha value is -1.42. The fraction of sp³-hybridized carbons (Fsp3) is 0.538. The topological polar surface area (TPSA) is 76.2 Å². The first-order valence-electron chi connectivity index (χ1n) is 5.96. The van der Waals surface area contributed by atoms with Gasteiger partial charge >= 0.3 is 0 Å². The summed E-state index contributed by atoms with van der Waals surface area (Å²) in [5.41, 5.74) is 6.51. The van der Waals surface area contributed by atoms with Crippen molar-refractivity contribution in [2.75, 3.05) is 0 Å². The quantitative estimate of drug-likeness (QED) is 0.811. The summed E-state index contributed by atoms with van der Waals surface area (Å²) >= 11 is 0. The smallest absolute Gasteiger partial charge is 0.250 e. The van der Waals surface area contributed by atoms with Gasteiger partial charge in [-0.1, -0.05) is 6.92 Å². The highest BCUT2D eigenvalue weighted by atomic mass is 16.3. The third-order valence-corrected chi connectivity index (χ3v) is 3.70. The number of hydrogen-bond acceptors (Lipinski definition) is 3. The molecule has 0 unspecified atom stereocenters. The van der Waals surface area contributed by atoms with Crippen LogP contribution in [0.4, 0.5) is 0 Å². The van der Waals surface area contributed by atoms with Crippen LogP contribution in [0.1, 0.15) is 48.7 Å². The number of hydrogen-bond donors (Lipinski definition) is 2. The maximum Gasteiger partial charge on any atom is 0.250 e. The molecular formula is C13H18N2O2. The molecule has 17 heavy (non-hydrogen) atoms. The summed E-state index contributed by atoms with van der Waals surface area (Å²) in [5.74, 6) is -0.430. The van der Waals surface area contributed by atoms with Crippen LogP contribution in [0.2, 0.25) is 0 Å². The van der Waals surface area contributed by atoms with Crippen LogP contribution in [-0.2, 0) is 5.41 Å². The van der Waals surface area contributed by atoms with Gasteiger partial charge in [-0.3, -0.25) is 9.78 Å². The fourth-order valence-electron chi connectivity index (χ4n) is 2.56. The molecule has 0 saturated heterocycles. The van der Waals surface area contributed by atoms with Crippen molar-refractivity contribution in [1.29, 1.82) is 0 Å². The third kappa shape index (κ3) is 2.31. The predicted molar refractivity (Wildman–Crippen MR) is 64.6 cm³/mol. The highest BCUT2D eigenvalue weighted by Gasteiger charge is 2.35. The van der Waals surface area contributed by atoms with Gasteiger partial charge in [-0.05, 0) is 37.8 Å². The minimum atomic E-state index is -0.430. The van der Waals surface area contributed by atoms with Crippen molar-refractivity contribution >= 4 is 5.91 Å². The minimum Gasteiger partial charge on any atom is -0.393 e. The molecule has 1 aliphatic carbocycles. The van der Waals surface area contributed by atoms with E-state index < -0.39 is 5.91 Å². The Bertz CT molecular complexity index is 423. The normalized spacial score (nSPS) is 28.9. The molecule has 1 aliphatic rings. The Morgan fingerprint density at radius 2 is 2.18 bits per heavy atom. The van der Waals surface area contributed by atoms with E-state index in [-0.39, 0.29) is 11.5 Å². The molecule has 3 N–H and O–H groups in total. The summed E-state index contributed by atoms with van der Waals surface area (Å²) in [6, 6.07) is 3.45. The molecule has 2 rings (SSSR count). The number of carbonyl (C=O) groups is 1. The van der Waals surface area contributed by atoms with Crippen molar-refractivity contribution in [3.63, 3.8) is 0 Å². The highest BCUT2D eigenvalue weighted by Crippen LogP contribution is 2.39. The molecule has 1 amide bonds. The molecule has 1 saturated carbocycles. The molecule has 4 nitrogen and oxygen atoms in total. The zero-order chi connectivity index (χ0) is 12.5. The lowest BCUT2D eigenvalue weighted by Crippen LogP contribution is -2.34. The van der Waals surface area contributed by atoms with E-state index in [1.54, 1.807) is 18.3 Å². The van der Waals surface area contributed by atoms with Gasteiger partial charge in [-0.2, -0.15) is 0 Å². The zero-order valence-corrected chi connectivity index (χ0v) is 10.0. The Labute approximate surface area is 101 Å². The van der Waals surface area contributed by atoms with Gasteiger partial charge in [0.1, 0.15) is 0 Å². The number of aliphatic hydroxyl groups excluding tert-OH is 1. The molecule has 0 aliphatic heterocycles. The number of aromatic nitrogens is 1. The second-order valence-electron chi connectivity index (χ2n) is 5.06. The van der Waals surface area contributed by atoms with Gasteiger partial charge < -0.3 is 10.8 Å². The SMILES string of the molecule is CC1(c2ncccc2C(N)=O)CCC(O)CC1. The number of pyridine rings is 1. The van der Waals surface area contributed by atoms with Crippen molar-refractivity contribution in [3.8, 4) is 0 Å². The molecule has 4 heteroatoms. The summed E-state index contributed by atoms with van der Waals surface area (Å²) in [5, 5.41) is 9.55. The van der Waals surface area contributed by atoms with E-state index in [9.17, 15) is 9.90 Å². The van der Waals surface area contributed by atoms with Gasteiger partial charge in [0.2, 0.25) is 0 Å². The first-order valence-corrected chi connectivity index (χ1v) is 5.96. The Morgan fingerprint density at radius 1 is 1.53 bits per heavy atom. The van der Waals surface area contributed by atoms with Crippen LogP contribution >= 0.6 is 0 Å². The van der Waals surface area contributed by atoms with Gasteiger partial charge in [-0.15, -0.1) is 0 Å². The van der Waals surface area contributed by atoms with Crippen molar-refractivity contribution in [3.05, 3.63) is 29.6 Å². The predicted octanol–water partition coefficient (Wildman–Crippen LogP) is 1.37. The van der Waals surface area contributed by atoms with E-state index >= 15 is 0 Å². The zero-order valence-electron chi connectivity index (χ0n) is 10.0. The van der Waals surface area contributed by atoms with Gasteiger partial charge in [0.05, 0.1) is 17.4 Å². The van der Waals surface area contributed by atoms with Crippen LogP contribution in [0.3, 0.4) is 0 Å². The summed E-state index contributed by atoms with van der Waals surface area (Å²) in [7, 11) is 0. The van der Waals surface area contributed by atoms with Gasteiger partial charge in [0.15, 0.2) is 0 Å². The van der Waals surface area contributed by atoms with E-state index in [2.05, 4.69) is 11.9 Å². The van der Waals surface area contributed by atoms with Crippen LogP contribution in [-0.4, -0.2) is 22.1 Å². The van der Waals surface area contributed by atoms with E-state index in [0.29, 0.717) is 5.56 Å². The van der Waals surface area contributed by atoms with E-state index in [0.717, 1.165) is 31.4 Å². The first kappa shape index (κ1) is 12.0. The van der Waals surface area contributed by atoms with Crippen molar-refractivity contribution in [2.24, 2.45) is 5.73 Å². The lowest BCUT2D eigenvalue weighted by atomic mass is 9.71. The average Bonchev–Trinajstić information content (AvgIpc) is 2.33. The summed E-state index contributed by atoms with van der Waals surface area (Å²) in [4.78, 5) is 15.7. The monoisotopic (exact) mass is 234 g/mol. The number of nitrogens with zero attached hydrogens (tertiary/aromatic N) is 1.